The second-order valence-corrected chi connectivity index (χ2v) is 9.76. The highest BCUT2D eigenvalue weighted by atomic mass is 16.1. The van der Waals surface area contributed by atoms with Crippen LogP contribution in [0.15, 0.2) is 59.2 Å². The summed E-state index contributed by atoms with van der Waals surface area (Å²) in [5.41, 5.74) is 6.33. The second kappa shape index (κ2) is 15.0. The molecule has 0 amide bonds. The van der Waals surface area contributed by atoms with Crippen LogP contribution in [-0.2, 0) is 11.3 Å². The highest BCUT2D eigenvalue weighted by molar-refractivity contribution is 5.98. The predicted molar refractivity (Wildman–Crippen MR) is 142 cm³/mol. The van der Waals surface area contributed by atoms with Crippen LogP contribution >= 0.6 is 0 Å². The van der Waals surface area contributed by atoms with Gasteiger partial charge >= 0.3 is 0 Å². The minimum Gasteiger partial charge on any atom is -0.316 e. The number of nitrogens with zero attached hydrogens (tertiary/aromatic N) is 1. The monoisotopic (exact) mass is 450 g/mol. The molecule has 0 aromatic heterocycles. The maximum Gasteiger partial charge on any atom is 0.162 e. The van der Waals surface area contributed by atoms with Crippen molar-refractivity contribution >= 4 is 5.78 Å². The molecule has 0 spiro atoms. The lowest BCUT2D eigenvalue weighted by atomic mass is 9.93. The van der Waals surface area contributed by atoms with Crippen molar-refractivity contribution in [3.8, 4) is 0 Å². The predicted octanol–water partition coefficient (Wildman–Crippen LogP) is 6.78. The van der Waals surface area contributed by atoms with Gasteiger partial charge in [-0.2, -0.15) is 0 Å². The average Bonchev–Trinajstić information content (AvgIpc) is 2.99. The van der Waals surface area contributed by atoms with Gasteiger partial charge in [0, 0.05) is 18.5 Å². The number of allylic oxidation sites excluding steroid dienone is 4. The molecule has 1 aromatic carbocycles. The van der Waals surface area contributed by atoms with Gasteiger partial charge in [0.05, 0.1) is 0 Å². The van der Waals surface area contributed by atoms with Gasteiger partial charge in [-0.1, -0.05) is 60.9 Å². The van der Waals surface area contributed by atoms with Crippen LogP contribution in [0.2, 0.25) is 0 Å². The maximum atomic E-state index is 13.0. The molecule has 1 aliphatic heterocycles. The minimum atomic E-state index is 0.289. The Morgan fingerprint density at radius 2 is 1.97 bits per heavy atom. The zero-order valence-electron chi connectivity index (χ0n) is 21.8. The first kappa shape index (κ1) is 27.3. The van der Waals surface area contributed by atoms with E-state index >= 15 is 0 Å². The number of Topliss-reactive ketones (excluding diaryl/α,β-unsaturated/α-hetero) is 1. The van der Waals surface area contributed by atoms with Gasteiger partial charge < -0.3 is 10.2 Å². The third-order valence-corrected chi connectivity index (χ3v) is 6.84. The third-order valence-electron chi connectivity index (χ3n) is 6.84. The summed E-state index contributed by atoms with van der Waals surface area (Å²) in [6, 6.07) is 8.79. The number of hydrogen-bond acceptors (Lipinski definition) is 3. The fraction of sp³-hybridized carbons (Fsp3) is 0.567. The standard InChI is InChI=1S/C30H46N2O/c1-6-10-29(22-28-16-19-31-18-15-25(28)4)30(33)14-9-12-26(7-2)17-20-32(5)23-27-13-8-11-24(3)21-27/h6,8,10-11,13,21-22,26,31H,7,9,12,14-20,23H2,1-5H3/b10-6-,29-22+. The van der Waals surface area contributed by atoms with Crippen LogP contribution < -0.4 is 5.32 Å². The molecule has 0 bridgehead atoms. The number of benzene rings is 1. The Morgan fingerprint density at radius 3 is 2.70 bits per heavy atom. The topological polar surface area (TPSA) is 32.3 Å². The Kier molecular flexibility index (Phi) is 12.4. The summed E-state index contributed by atoms with van der Waals surface area (Å²) in [6.07, 6.45) is 13.4. The smallest absolute Gasteiger partial charge is 0.162 e. The lowest BCUT2D eigenvalue weighted by Gasteiger charge is -2.21. The zero-order chi connectivity index (χ0) is 24.1. The summed E-state index contributed by atoms with van der Waals surface area (Å²) in [7, 11) is 2.21. The van der Waals surface area contributed by atoms with Crippen LogP contribution in [0, 0.1) is 12.8 Å². The van der Waals surface area contributed by atoms with Crippen molar-refractivity contribution in [1.82, 2.24) is 10.2 Å². The Morgan fingerprint density at radius 1 is 1.18 bits per heavy atom. The van der Waals surface area contributed by atoms with E-state index in [0.29, 0.717) is 12.3 Å². The normalized spacial score (nSPS) is 16.5. The van der Waals surface area contributed by atoms with Crippen LogP contribution in [0.1, 0.15) is 76.8 Å². The fourth-order valence-corrected chi connectivity index (χ4v) is 4.63. The van der Waals surface area contributed by atoms with E-state index in [9.17, 15) is 4.79 Å². The SMILES string of the molecule is C/C=C\C(=C/C1=C(C)CCNCC1)C(=O)CCCC(CC)CCN(C)Cc1cccc(C)c1. The molecule has 0 aliphatic carbocycles. The molecule has 1 atom stereocenters. The summed E-state index contributed by atoms with van der Waals surface area (Å²) in [6.45, 7) is 12.8. The highest BCUT2D eigenvalue weighted by Gasteiger charge is 2.13. The largest absolute Gasteiger partial charge is 0.316 e. The first-order valence-corrected chi connectivity index (χ1v) is 12.9. The van der Waals surface area contributed by atoms with Crippen LogP contribution in [0.5, 0.6) is 0 Å². The van der Waals surface area contributed by atoms with Crippen molar-refractivity contribution < 1.29 is 4.79 Å². The molecule has 2 rings (SSSR count). The molecule has 1 aliphatic rings. The van der Waals surface area contributed by atoms with Crippen LogP contribution in [0.4, 0.5) is 0 Å². The number of nitrogens with one attached hydrogen (secondary N) is 1. The van der Waals surface area contributed by atoms with Gasteiger partial charge in [-0.25, -0.2) is 0 Å². The Hall–Kier alpha value is -1.97. The number of carbonyl (C=O) groups is 1. The molecule has 0 saturated heterocycles. The molecule has 182 valence electrons. The molecule has 33 heavy (non-hydrogen) atoms. The van der Waals surface area contributed by atoms with Crippen molar-refractivity contribution in [2.24, 2.45) is 5.92 Å². The van der Waals surface area contributed by atoms with Crippen LogP contribution in [-0.4, -0.2) is 37.4 Å². The molecule has 1 unspecified atom stereocenters. The van der Waals surface area contributed by atoms with Gasteiger partial charge in [-0.05, 0) is 103 Å². The summed E-state index contributed by atoms with van der Waals surface area (Å²) in [5, 5.41) is 3.45. The van der Waals surface area contributed by atoms with E-state index in [4.69, 9.17) is 0 Å². The van der Waals surface area contributed by atoms with Crippen molar-refractivity contribution in [2.45, 2.75) is 79.2 Å². The summed E-state index contributed by atoms with van der Waals surface area (Å²) >= 11 is 0. The van der Waals surface area contributed by atoms with Crippen molar-refractivity contribution in [3.63, 3.8) is 0 Å². The molecule has 0 fully saturated rings. The quantitative estimate of drug-likeness (QED) is 0.265. The van der Waals surface area contributed by atoms with E-state index in [1.54, 1.807) is 0 Å². The number of ketones is 1. The van der Waals surface area contributed by atoms with Crippen LogP contribution in [0.25, 0.3) is 0 Å². The van der Waals surface area contributed by atoms with Gasteiger partial charge in [0.2, 0.25) is 0 Å². The summed E-state index contributed by atoms with van der Waals surface area (Å²) in [4.78, 5) is 15.4. The Bertz CT molecular complexity index is 833. The minimum absolute atomic E-state index is 0.289. The first-order chi connectivity index (χ1) is 15.9. The van der Waals surface area contributed by atoms with Gasteiger partial charge in [-0.15, -0.1) is 0 Å². The number of hydrogen-bond donors (Lipinski definition) is 1. The summed E-state index contributed by atoms with van der Waals surface area (Å²) in [5.74, 6) is 0.974. The number of aryl methyl sites for hydroxylation is 1. The molecule has 1 aromatic rings. The van der Waals surface area contributed by atoms with E-state index in [0.717, 1.165) is 57.4 Å². The van der Waals surface area contributed by atoms with Crippen molar-refractivity contribution in [2.75, 3.05) is 26.7 Å². The molecular formula is C30H46N2O. The van der Waals surface area contributed by atoms with Crippen molar-refractivity contribution in [1.29, 1.82) is 0 Å². The first-order valence-electron chi connectivity index (χ1n) is 12.9. The molecule has 1 heterocycles. The summed E-state index contributed by atoms with van der Waals surface area (Å²) < 4.78 is 0. The van der Waals surface area contributed by atoms with E-state index < -0.39 is 0 Å². The third kappa shape index (κ3) is 10.2. The molecule has 3 nitrogen and oxygen atoms in total. The lowest BCUT2D eigenvalue weighted by molar-refractivity contribution is -0.115. The molecule has 3 heteroatoms. The molecule has 0 saturated carbocycles. The molecule has 0 radical (unpaired) electrons. The lowest BCUT2D eigenvalue weighted by Crippen LogP contribution is -2.21. The molecular weight excluding hydrogens is 404 g/mol. The van der Waals surface area contributed by atoms with Gasteiger partial charge in [0.1, 0.15) is 0 Å². The maximum absolute atomic E-state index is 13.0. The van der Waals surface area contributed by atoms with Crippen LogP contribution in [0.3, 0.4) is 0 Å². The number of carbonyl (C=O) groups excluding carboxylic acids is 1. The fourth-order valence-electron chi connectivity index (χ4n) is 4.63. The zero-order valence-corrected chi connectivity index (χ0v) is 21.8. The van der Waals surface area contributed by atoms with E-state index in [2.05, 4.69) is 68.4 Å². The highest BCUT2D eigenvalue weighted by Crippen LogP contribution is 2.22. The van der Waals surface area contributed by atoms with Gasteiger partial charge in [0.15, 0.2) is 5.78 Å². The van der Waals surface area contributed by atoms with E-state index in [1.165, 1.54) is 35.1 Å². The van der Waals surface area contributed by atoms with Gasteiger partial charge in [-0.3, -0.25) is 4.79 Å². The Balaban J connectivity index is 1.82. The van der Waals surface area contributed by atoms with E-state index in [1.807, 2.05) is 19.1 Å². The van der Waals surface area contributed by atoms with E-state index in [-0.39, 0.29) is 5.78 Å². The Labute approximate surface area is 203 Å². The van der Waals surface area contributed by atoms with Crippen molar-refractivity contribution in [3.05, 3.63) is 70.3 Å². The number of rotatable bonds is 13. The average molecular weight is 451 g/mol. The molecule has 1 N–H and O–H groups in total. The second-order valence-electron chi connectivity index (χ2n) is 9.76. The van der Waals surface area contributed by atoms with Gasteiger partial charge in [0.25, 0.3) is 0 Å².